The molecule has 260 valence electrons. The van der Waals surface area contributed by atoms with E-state index in [4.69, 9.17) is 26.1 Å². The van der Waals surface area contributed by atoms with Gasteiger partial charge in [-0.1, -0.05) is 31.5 Å². The van der Waals surface area contributed by atoms with Crippen molar-refractivity contribution in [2.75, 3.05) is 37.7 Å². The first-order valence-electron chi connectivity index (χ1n) is 16.1. The third-order valence-corrected chi connectivity index (χ3v) is 8.40. The Morgan fingerprint density at radius 1 is 1.06 bits per heavy atom. The van der Waals surface area contributed by atoms with E-state index in [1.165, 1.54) is 12.1 Å². The Balaban J connectivity index is 0.00000255. The zero-order valence-electron chi connectivity index (χ0n) is 28.2. The highest BCUT2D eigenvalue weighted by molar-refractivity contribution is 6.30. The minimum Gasteiger partial charge on any atom is -0.477 e. The molecule has 0 atom stereocenters. The van der Waals surface area contributed by atoms with Crippen molar-refractivity contribution in [2.24, 2.45) is 0 Å². The molecule has 0 radical (unpaired) electrons. The Morgan fingerprint density at radius 2 is 1.77 bits per heavy atom. The Morgan fingerprint density at radius 3 is 2.42 bits per heavy atom. The van der Waals surface area contributed by atoms with Crippen molar-refractivity contribution in [1.82, 2.24) is 20.2 Å². The topological polar surface area (TPSA) is 96.9 Å². The molecule has 1 N–H and O–H groups in total. The molecule has 1 spiro atoms. The SMILES string of the molecule is CC.CCOc1ncccc1-c1ccc2c(n1)CN(C(=O)CNC(=O)OC(C)(C)C)CC21CCN(c2ccc(Cl)cc2C(F)(F)F)CC1. The van der Waals surface area contributed by atoms with Crippen LogP contribution in [-0.2, 0) is 27.7 Å². The number of amides is 2. The van der Waals surface area contributed by atoms with Gasteiger partial charge in [-0.2, -0.15) is 13.2 Å². The largest absolute Gasteiger partial charge is 0.477 e. The van der Waals surface area contributed by atoms with Gasteiger partial charge in [0.25, 0.3) is 0 Å². The smallest absolute Gasteiger partial charge is 0.418 e. The van der Waals surface area contributed by atoms with Gasteiger partial charge in [0.1, 0.15) is 12.1 Å². The summed E-state index contributed by atoms with van der Waals surface area (Å²) in [7, 11) is 0. The van der Waals surface area contributed by atoms with Crippen LogP contribution in [0.1, 0.15) is 71.2 Å². The van der Waals surface area contributed by atoms with Gasteiger partial charge in [0.15, 0.2) is 0 Å². The molecule has 4 heterocycles. The first-order chi connectivity index (χ1) is 22.7. The lowest BCUT2D eigenvalue weighted by Gasteiger charge is -2.49. The van der Waals surface area contributed by atoms with E-state index in [0.29, 0.717) is 61.9 Å². The molecule has 1 aromatic carbocycles. The van der Waals surface area contributed by atoms with Gasteiger partial charge < -0.3 is 24.6 Å². The van der Waals surface area contributed by atoms with Crippen molar-refractivity contribution in [3.8, 4) is 17.1 Å². The summed E-state index contributed by atoms with van der Waals surface area (Å²) in [6.07, 6.45) is -2.68. The number of rotatable bonds is 6. The highest BCUT2D eigenvalue weighted by Crippen LogP contribution is 2.45. The summed E-state index contributed by atoms with van der Waals surface area (Å²) in [5.41, 5.74) is 0.959. The number of hydrogen-bond acceptors (Lipinski definition) is 7. The predicted molar refractivity (Wildman–Crippen MR) is 179 cm³/mol. The second-order valence-electron chi connectivity index (χ2n) is 12.5. The van der Waals surface area contributed by atoms with Crippen LogP contribution < -0.4 is 15.0 Å². The molecule has 1 saturated heterocycles. The second-order valence-corrected chi connectivity index (χ2v) is 12.9. The number of alkyl carbamates (subject to hydrolysis) is 1. The molecule has 0 bridgehead atoms. The lowest BCUT2D eigenvalue weighted by molar-refractivity contribution is -0.137. The number of anilines is 1. The molecule has 2 aliphatic rings. The maximum Gasteiger partial charge on any atom is 0.418 e. The number of carbonyl (C=O) groups is 2. The summed E-state index contributed by atoms with van der Waals surface area (Å²) in [6.45, 7) is 12.4. The molecule has 0 saturated carbocycles. The third-order valence-electron chi connectivity index (χ3n) is 8.17. The lowest BCUT2D eigenvalue weighted by Crippen LogP contribution is -2.55. The Hall–Kier alpha value is -4.06. The van der Waals surface area contributed by atoms with Crippen LogP contribution in [0.5, 0.6) is 5.88 Å². The van der Waals surface area contributed by atoms with Crippen LogP contribution in [0, 0.1) is 0 Å². The van der Waals surface area contributed by atoms with E-state index >= 15 is 0 Å². The van der Waals surface area contributed by atoms with E-state index in [9.17, 15) is 22.8 Å². The highest BCUT2D eigenvalue weighted by atomic mass is 35.5. The number of fused-ring (bicyclic) bond motifs is 2. The van der Waals surface area contributed by atoms with Gasteiger partial charge in [-0.25, -0.2) is 9.78 Å². The predicted octanol–water partition coefficient (Wildman–Crippen LogP) is 7.65. The van der Waals surface area contributed by atoms with Gasteiger partial charge in [-0.05, 0) is 82.5 Å². The number of alkyl halides is 3. The minimum absolute atomic E-state index is 0.0166. The van der Waals surface area contributed by atoms with Crippen molar-refractivity contribution in [3.05, 3.63) is 70.5 Å². The van der Waals surface area contributed by atoms with Crippen LogP contribution in [0.3, 0.4) is 0 Å². The summed E-state index contributed by atoms with van der Waals surface area (Å²) >= 11 is 5.93. The second kappa shape index (κ2) is 15.0. The number of aromatic nitrogens is 2. The van der Waals surface area contributed by atoms with E-state index in [1.54, 1.807) is 42.8 Å². The third kappa shape index (κ3) is 8.50. The summed E-state index contributed by atoms with van der Waals surface area (Å²) in [6, 6.07) is 11.4. The minimum atomic E-state index is -4.57. The molecular weight excluding hydrogens is 647 g/mol. The fourth-order valence-electron chi connectivity index (χ4n) is 6.14. The van der Waals surface area contributed by atoms with Crippen LogP contribution >= 0.6 is 11.6 Å². The molecule has 13 heteroatoms. The highest BCUT2D eigenvalue weighted by Gasteiger charge is 2.45. The number of nitrogens with one attached hydrogen (secondary N) is 1. The zero-order chi connectivity index (χ0) is 35.3. The lowest BCUT2D eigenvalue weighted by atomic mass is 9.69. The molecule has 0 aliphatic carbocycles. The number of nitrogens with zero attached hydrogens (tertiary/aromatic N) is 4. The zero-order valence-corrected chi connectivity index (χ0v) is 29.0. The number of carbonyl (C=O) groups excluding carboxylic acids is 2. The van der Waals surface area contributed by atoms with Crippen LogP contribution in [0.2, 0.25) is 5.02 Å². The van der Waals surface area contributed by atoms with Crippen molar-refractivity contribution >= 4 is 29.3 Å². The summed E-state index contributed by atoms with van der Waals surface area (Å²) < 4.78 is 52.9. The Bertz CT molecular complexity index is 1600. The van der Waals surface area contributed by atoms with E-state index in [1.807, 2.05) is 39.0 Å². The van der Waals surface area contributed by atoms with Crippen LogP contribution in [-0.4, -0.2) is 65.3 Å². The van der Waals surface area contributed by atoms with Gasteiger partial charge in [-0.15, -0.1) is 0 Å². The maximum atomic E-state index is 14.0. The van der Waals surface area contributed by atoms with Gasteiger partial charge in [0, 0.05) is 42.0 Å². The van der Waals surface area contributed by atoms with Crippen molar-refractivity contribution in [1.29, 1.82) is 0 Å². The molecule has 1 fully saturated rings. The van der Waals surface area contributed by atoms with E-state index in [-0.39, 0.29) is 29.7 Å². The van der Waals surface area contributed by atoms with Crippen molar-refractivity contribution < 1.29 is 32.2 Å². The average Bonchev–Trinajstić information content (AvgIpc) is 3.04. The number of halogens is 4. The van der Waals surface area contributed by atoms with Gasteiger partial charge >= 0.3 is 12.3 Å². The number of pyridine rings is 2. The molecule has 2 amide bonds. The number of hydrogen-bond donors (Lipinski definition) is 1. The number of piperidine rings is 1. The van der Waals surface area contributed by atoms with E-state index < -0.39 is 28.8 Å². The molecule has 0 unspecified atom stereocenters. The Labute approximate surface area is 284 Å². The standard InChI is InChI=1S/C33H37ClF3N5O4.C2H6/c1-5-45-29-22(7-6-14-38-29)25-10-9-23-26(40-25)19-42(28(43)18-39-30(44)46-31(2,3)4)20-32(23)12-15-41(16-13-32)27-11-8-21(34)17-24(27)33(35,36)37;1-2/h6-11,14,17H,5,12-13,15-16,18-20H2,1-4H3,(H,39,44);1-2H3. The summed E-state index contributed by atoms with van der Waals surface area (Å²) in [5, 5.41) is 2.56. The number of ether oxygens (including phenoxy) is 2. The van der Waals surface area contributed by atoms with Crippen molar-refractivity contribution in [2.45, 2.75) is 78.1 Å². The van der Waals surface area contributed by atoms with Gasteiger partial charge in [0.2, 0.25) is 11.8 Å². The molecule has 48 heavy (non-hydrogen) atoms. The number of benzene rings is 1. The summed E-state index contributed by atoms with van der Waals surface area (Å²) in [5.74, 6) is 0.119. The molecule has 2 aliphatic heterocycles. The van der Waals surface area contributed by atoms with Crippen LogP contribution in [0.15, 0.2) is 48.7 Å². The fourth-order valence-corrected chi connectivity index (χ4v) is 6.32. The van der Waals surface area contributed by atoms with Crippen LogP contribution in [0.4, 0.5) is 23.7 Å². The monoisotopic (exact) mass is 689 g/mol. The first-order valence-corrected chi connectivity index (χ1v) is 16.5. The molecule has 5 rings (SSSR count). The van der Waals surface area contributed by atoms with Crippen LogP contribution in [0.25, 0.3) is 11.3 Å². The van der Waals surface area contributed by atoms with E-state index in [2.05, 4.69) is 10.3 Å². The van der Waals surface area contributed by atoms with E-state index in [0.717, 1.165) is 11.6 Å². The van der Waals surface area contributed by atoms with Crippen molar-refractivity contribution in [3.63, 3.8) is 0 Å². The summed E-state index contributed by atoms with van der Waals surface area (Å²) in [4.78, 5) is 38.5. The van der Waals surface area contributed by atoms with Gasteiger partial charge in [-0.3, -0.25) is 9.78 Å². The first kappa shape index (κ1) is 36.8. The molecule has 3 aromatic rings. The Kier molecular flexibility index (Phi) is 11.5. The molecular formula is C35H43ClF3N5O4. The molecule has 9 nitrogen and oxygen atoms in total. The van der Waals surface area contributed by atoms with Gasteiger partial charge in [0.05, 0.1) is 35.7 Å². The fraction of sp³-hybridized carbons (Fsp3) is 0.486. The maximum absolute atomic E-state index is 14.0. The molecule has 2 aromatic heterocycles. The normalized spacial score (nSPS) is 15.6. The average molecular weight is 690 g/mol. The quantitative estimate of drug-likeness (QED) is 0.284.